The van der Waals surface area contributed by atoms with Crippen LogP contribution in [0, 0.1) is 5.92 Å². The van der Waals surface area contributed by atoms with Gasteiger partial charge in [-0.25, -0.2) is 4.79 Å². The highest BCUT2D eigenvalue weighted by molar-refractivity contribution is 5.67. The highest BCUT2D eigenvalue weighted by Crippen LogP contribution is 2.29. The van der Waals surface area contributed by atoms with Crippen molar-refractivity contribution in [2.24, 2.45) is 11.7 Å². The predicted octanol–water partition coefficient (Wildman–Crippen LogP) is 2.23. The minimum Gasteiger partial charge on any atom is -0.444 e. The molecule has 0 saturated heterocycles. The van der Waals surface area contributed by atoms with E-state index in [2.05, 4.69) is 0 Å². The van der Waals surface area contributed by atoms with E-state index in [0.29, 0.717) is 6.42 Å². The average Bonchev–Trinajstić information content (AvgIpc) is 2.21. The highest BCUT2D eigenvalue weighted by Gasteiger charge is 2.49. The van der Waals surface area contributed by atoms with Gasteiger partial charge in [-0.15, -0.1) is 0 Å². The first kappa shape index (κ1) is 19.1. The van der Waals surface area contributed by atoms with E-state index in [1.54, 1.807) is 20.8 Å². The summed E-state index contributed by atoms with van der Waals surface area (Å²) in [5.74, 6) is -3.50. The third kappa shape index (κ3) is 7.00. The number of ether oxygens (including phenoxy) is 1. The van der Waals surface area contributed by atoms with Crippen LogP contribution in [0.25, 0.3) is 0 Å². The van der Waals surface area contributed by atoms with E-state index in [1.807, 2.05) is 19.2 Å². The number of hydrogen-bond donors (Lipinski definition) is 3. The molecule has 0 spiro atoms. The van der Waals surface area contributed by atoms with Crippen molar-refractivity contribution < 1.29 is 23.4 Å². The van der Waals surface area contributed by atoms with Crippen molar-refractivity contribution in [2.75, 3.05) is 6.54 Å². The second-order valence-electron chi connectivity index (χ2n) is 6.42. The fourth-order valence-corrected chi connectivity index (χ4v) is 1.34. The fourth-order valence-electron chi connectivity index (χ4n) is 1.34. The molecule has 0 aliphatic carbocycles. The van der Waals surface area contributed by atoms with Crippen LogP contribution < -0.4 is 11.1 Å². The first-order valence-corrected chi connectivity index (χ1v) is 6.63. The van der Waals surface area contributed by atoms with Crippen molar-refractivity contribution in [3.63, 3.8) is 0 Å². The molecule has 0 aliphatic rings. The molecule has 0 aliphatic heterocycles. The zero-order chi connectivity index (χ0) is 16.2. The number of amides is 1. The van der Waals surface area contributed by atoms with Crippen LogP contribution in [-0.4, -0.2) is 35.0 Å². The molecule has 7 heteroatoms. The van der Waals surface area contributed by atoms with Gasteiger partial charge in [-0.05, 0) is 39.5 Å². The van der Waals surface area contributed by atoms with Gasteiger partial charge in [-0.2, -0.15) is 8.78 Å². The van der Waals surface area contributed by atoms with E-state index in [9.17, 15) is 18.7 Å². The molecule has 0 radical (unpaired) electrons. The highest BCUT2D eigenvalue weighted by atomic mass is 19.3. The molecule has 0 rings (SSSR count). The molecule has 5 nitrogen and oxygen atoms in total. The van der Waals surface area contributed by atoms with Crippen molar-refractivity contribution >= 4 is 6.09 Å². The number of nitrogens with one attached hydrogen (secondary N) is 1. The number of alkyl halides is 2. The van der Waals surface area contributed by atoms with Crippen molar-refractivity contribution in [3.05, 3.63) is 0 Å². The Labute approximate surface area is 118 Å². The number of alkyl carbamates (subject to hydrolysis) is 1. The quantitative estimate of drug-likeness (QED) is 0.656. The lowest BCUT2D eigenvalue weighted by atomic mass is 9.96. The van der Waals surface area contributed by atoms with Crippen LogP contribution in [0.2, 0.25) is 0 Å². The second kappa shape index (κ2) is 6.67. The summed E-state index contributed by atoms with van der Waals surface area (Å²) < 4.78 is 32.4. The molecule has 0 fully saturated rings. The first-order valence-electron chi connectivity index (χ1n) is 6.63. The van der Waals surface area contributed by atoms with E-state index in [-0.39, 0.29) is 12.3 Å². The van der Waals surface area contributed by atoms with Crippen molar-refractivity contribution in [2.45, 2.75) is 64.7 Å². The number of carbonyl (C=O) groups excluding carboxylic acids is 1. The van der Waals surface area contributed by atoms with E-state index < -0.39 is 29.9 Å². The number of hydrogen-bond acceptors (Lipinski definition) is 4. The number of aliphatic hydroxyl groups is 1. The predicted molar refractivity (Wildman–Crippen MR) is 72.4 cm³/mol. The Morgan fingerprint density at radius 1 is 1.35 bits per heavy atom. The Bertz CT molecular complexity index is 326. The largest absolute Gasteiger partial charge is 0.444 e. The van der Waals surface area contributed by atoms with Gasteiger partial charge in [0.2, 0.25) is 0 Å². The van der Waals surface area contributed by atoms with Gasteiger partial charge >= 0.3 is 12.0 Å². The summed E-state index contributed by atoms with van der Waals surface area (Å²) in [5, 5.41) is 11.6. The fraction of sp³-hybridized carbons (Fsp3) is 0.923. The van der Waals surface area contributed by atoms with Gasteiger partial charge in [0.1, 0.15) is 5.60 Å². The van der Waals surface area contributed by atoms with Crippen LogP contribution in [0.4, 0.5) is 13.6 Å². The molecule has 1 atom stereocenters. The number of carbonyl (C=O) groups is 1. The summed E-state index contributed by atoms with van der Waals surface area (Å²) in [6.45, 7) is 7.46. The minimum absolute atomic E-state index is 0.139. The zero-order valence-electron chi connectivity index (χ0n) is 12.8. The van der Waals surface area contributed by atoms with E-state index >= 15 is 0 Å². The molecule has 1 unspecified atom stereocenters. The van der Waals surface area contributed by atoms with Gasteiger partial charge in [-0.3, -0.25) is 5.73 Å². The smallest absolute Gasteiger partial charge is 0.407 e. The van der Waals surface area contributed by atoms with Crippen LogP contribution in [0.15, 0.2) is 0 Å². The SMILES string of the molecule is CC(C)CCC(N)(O)C(F)(F)CNC(=O)OC(C)(C)C. The van der Waals surface area contributed by atoms with Crippen LogP contribution in [-0.2, 0) is 4.74 Å². The van der Waals surface area contributed by atoms with Crippen molar-refractivity contribution in [1.29, 1.82) is 0 Å². The Morgan fingerprint density at radius 3 is 2.25 bits per heavy atom. The van der Waals surface area contributed by atoms with Crippen LogP contribution in [0.3, 0.4) is 0 Å². The van der Waals surface area contributed by atoms with Crippen LogP contribution in [0.1, 0.15) is 47.5 Å². The third-order valence-corrected chi connectivity index (χ3v) is 2.59. The number of halogens is 2. The summed E-state index contributed by atoms with van der Waals surface area (Å²) in [5.41, 5.74) is 1.83. The van der Waals surface area contributed by atoms with Gasteiger partial charge in [0.05, 0.1) is 6.54 Å². The zero-order valence-corrected chi connectivity index (χ0v) is 12.8. The Balaban J connectivity index is 4.46. The van der Waals surface area contributed by atoms with Gasteiger partial charge in [0.25, 0.3) is 0 Å². The third-order valence-electron chi connectivity index (χ3n) is 2.59. The lowest BCUT2D eigenvalue weighted by molar-refractivity contribution is -0.179. The van der Waals surface area contributed by atoms with Crippen molar-refractivity contribution in [3.8, 4) is 0 Å². The molecule has 120 valence electrons. The van der Waals surface area contributed by atoms with Gasteiger partial charge in [0.15, 0.2) is 5.72 Å². The molecular formula is C13H26F2N2O3. The summed E-state index contributed by atoms with van der Waals surface area (Å²) in [6.07, 6.45) is -0.875. The molecule has 0 saturated carbocycles. The Hall–Kier alpha value is -0.950. The van der Waals surface area contributed by atoms with Crippen LogP contribution in [0.5, 0.6) is 0 Å². The molecule has 20 heavy (non-hydrogen) atoms. The maximum Gasteiger partial charge on any atom is 0.407 e. The Morgan fingerprint density at radius 2 is 1.85 bits per heavy atom. The monoisotopic (exact) mass is 296 g/mol. The maximum atomic E-state index is 13.8. The van der Waals surface area contributed by atoms with Gasteiger partial charge in [0, 0.05) is 0 Å². The molecule has 4 N–H and O–H groups in total. The molecular weight excluding hydrogens is 270 g/mol. The summed E-state index contributed by atoms with van der Waals surface area (Å²) in [4.78, 5) is 11.3. The summed E-state index contributed by atoms with van der Waals surface area (Å²) >= 11 is 0. The van der Waals surface area contributed by atoms with Gasteiger partial charge < -0.3 is 15.2 Å². The first-order chi connectivity index (χ1) is 8.77. The molecule has 0 aromatic carbocycles. The lowest BCUT2D eigenvalue weighted by Gasteiger charge is -2.33. The minimum atomic E-state index is -3.64. The molecule has 0 aromatic heterocycles. The average molecular weight is 296 g/mol. The summed E-state index contributed by atoms with van der Waals surface area (Å²) in [7, 11) is 0. The van der Waals surface area contributed by atoms with E-state index in [4.69, 9.17) is 10.5 Å². The molecule has 0 heterocycles. The number of nitrogens with two attached hydrogens (primary N) is 1. The number of rotatable bonds is 6. The normalized spacial score (nSPS) is 15.9. The Kier molecular flexibility index (Phi) is 6.35. The van der Waals surface area contributed by atoms with Crippen LogP contribution >= 0.6 is 0 Å². The maximum absolute atomic E-state index is 13.8. The summed E-state index contributed by atoms with van der Waals surface area (Å²) in [6, 6.07) is 0. The molecule has 1 amide bonds. The molecule has 0 aromatic rings. The second-order valence-corrected chi connectivity index (χ2v) is 6.42. The van der Waals surface area contributed by atoms with E-state index in [0.717, 1.165) is 0 Å². The topological polar surface area (TPSA) is 84.6 Å². The van der Waals surface area contributed by atoms with Crippen molar-refractivity contribution in [1.82, 2.24) is 5.32 Å². The standard InChI is InChI=1S/C13H26F2N2O3/c1-9(2)6-7-13(16,19)12(14,15)8-17-10(18)20-11(3,4)5/h9,19H,6-8,16H2,1-5H3,(H,17,18). The van der Waals surface area contributed by atoms with Gasteiger partial charge in [-0.1, -0.05) is 13.8 Å². The lowest BCUT2D eigenvalue weighted by Crippen LogP contribution is -2.60. The molecule has 0 bridgehead atoms. The van der Waals surface area contributed by atoms with E-state index in [1.165, 1.54) is 0 Å².